The van der Waals surface area contributed by atoms with E-state index in [0.717, 1.165) is 13.1 Å². The van der Waals surface area contributed by atoms with Gasteiger partial charge in [0.15, 0.2) is 0 Å². The molecule has 0 aromatic heterocycles. The van der Waals surface area contributed by atoms with E-state index in [1.807, 2.05) is 11.8 Å². The Labute approximate surface area is 122 Å². The van der Waals surface area contributed by atoms with Crippen molar-refractivity contribution < 1.29 is 0 Å². The molecule has 19 heavy (non-hydrogen) atoms. The highest BCUT2D eigenvalue weighted by molar-refractivity contribution is 7.98. The average Bonchev–Trinajstić information content (AvgIpc) is 2.45. The van der Waals surface area contributed by atoms with Gasteiger partial charge in [-0.05, 0) is 56.5 Å². The zero-order chi connectivity index (χ0) is 13.7. The van der Waals surface area contributed by atoms with Crippen molar-refractivity contribution in [1.82, 2.24) is 10.2 Å². The predicted octanol–water partition coefficient (Wildman–Crippen LogP) is 2.95. The average molecular weight is 278 g/mol. The molecule has 0 spiro atoms. The van der Waals surface area contributed by atoms with Crippen molar-refractivity contribution in [3.05, 3.63) is 35.4 Å². The lowest BCUT2D eigenvalue weighted by molar-refractivity contribution is 0.222. The van der Waals surface area contributed by atoms with Gasteiger partial charge in [0.05, 0.1) is 0 Å². The Morgan fingerprint density at radius 1 is 1.42 bits per heavy atom. The molecule has 2 rings (SSSR count). The summed E-state index contributed by atoms with van der Waals surface area (Å²) in [5.74, 6) is 1.25. The molecule has 106 valence electrons. The second-order valence-corrected chi connectivity index (χ2v) is 6.51. The zero-order valence-electron chi connectivity index (χ0n) is 12.4. The van der Waals surface area contributed by atoms with E-state index in [1.165, 1.54) is 29.7 Å². The summed E-state index contributed by atoms with van der Waals surface area (Å²) in [4.78, 5) is 2.50. The minimum absolute atomic E-state index is 0.492. The molecule has 0 saturated carbocycles. The van der Waals surface area contributed by atoms with Crippen LogP contribution in [-0.2, 0) is 6.42 Å². The van der Waals surface area contributed by atoms with E-state index < -0.39 is 0 Å². The van der Waals surface area contributed by atoms with E-state index >= 15 is 0 Å². The van der Waals surface area contributed by atoms with Crippen LogP contribution in [0.4, 0.5) is 0 Å². The first-order chi connectivity index (χ1) is 9.22. The summed E-state index contributed by atoms with van der Waals surface area (Å²) in [5.41, 5.74) is 3.02. The zero-order valence-corrected chi connectivity index (χ0v) is 13.2. The first kappa shape index (κ1) is 14.9. The molecule has 1 aliphatic rings. The first-order valence-electron chi connectivity index (χ1n) is 7.22. The molecule has 2 atom stereocenters. The number of hydrogen-bond acceptors (Lipinski definition) is 3. The van der Waals surface area contributed by atoms with E-state index in [2.05, 4.69) is 54.7 Å². The van der Waals surface area contributed by atoms with Crippen LogP contribution in [0.3, 0.4) is 0 Å². The summed E-state index contributed by atoms with van der Waals surface area (Å²) < 4.78 is 0. The molecule has 0 bridgehead atoms. The highest BCUT2D eigenvalue weighted by atomic mass is 32.2. The van der Waals surface area contributed by atoms with Crippen LogP contribution < -0.4 is 5.32 Å². The summed E-state index contributed by atoms with van der Waals surface area (Å²) in [7, 11) is 2.25. The monoisotopic (exact) mass is 278 g/mol. The lowest BCUT2D eigenvalue weighted by atomic mass is 9.94. The second-order valence-electron chi connectivity index (χ2n) is 5.53. The molecule has 0 fully saturated rings. The number of benzene rings is 1. The van der Waals surface area contributed by atoms with Gasteiger partial charge in [0.25, 0.3) is 0 Å². The molecule has 1 aliphatic heterocycles. The van der Waals surface area contributed by atoms with Gasteiger partial charge in [-0.3, -0.25) is 0 Å². The van der Waals surface area contributed by atoms with E-state index in [9.17, 15) is 0 Å². The first-order valence-corrected chi connectivity index (χ1v) is 8.62. The summed E-state index contributed by atoms with van der Waals surface area (Å²) in [5, 5.41) is 3.67. The van der Waals surface area contributed by atoms with Crippen molar-refractivity contribution in [3.8, 4) is 0 Å². The van der Waals surface area contributed by atoms with Gasteiger partial charge < -0.3 is 10.2 Å². The molecule has 1 aromatic carbocycles. The Bertz CT molecular complexity index is 394. The van der Waals surface area contributed by atoms with Gasteiger partial charge in [-0.15, -0.1) is 0 Å². The molecule has 1 aromatic rings. The van der Waals surface area contributed by atoms with Crippen molar-refractivity contribution in [1.29, 1.82) is 0 Å². The van der Waals surface area contributed by atoms with Crippen LogP contribution in [0.15, 0.2) is 24.3 Å². The van der Waals surface area contributed by atoms with Gasteiger partial charge in [-0.2, -0.15) is 11.8 Å². The number of fused-ring (bicyclic) bond motifs is 1. The summed E-state index contributed by atoms with van der Waals surface area (Å²) >= 11 is 1.94. The maximum absolute atomic E-state index is 3.67. The highest BCUT2D eigenvalue weighted by Crippen LogP contribution is 2.23. The van der Waals surface area contributed by atoms with Crippen LogP contribution >= 0.6 is 11.8 Å². The molecule has 1 heterocycles. The highest BCUT2D eigenvalue weighted by Gasteiger charge is 2.21. The van der Waals surface area contributed by atoms with Gasteiger partial charge in [-0.1, -0.05) is 24.3 Å². The number of hydrogen-bond donors (Lipinski definition) is 1. The van der Waals surface area contributed by atoms with Crippen LogP contribution in [-0.4, -0.2) is 43.1 Å². The van der Waals surface area contributed by atoms with Crippen molar-refractivity contribution in [2.45, 2.75) is 31.8 Å². The number of nitrogens with zero attached hydrogens (tertiary/aromatic N) is 1. The second kappa shape index (κ2) is 7.32. The molecular weight excluding hydrogens is 252 g/mol. The number of likely N-dealkylation sites (N-methyl/N-ethyl adjacent to an activating group) is 1. The van der Waals surface area contributed by atoms with Crippen LogP contribution in [0.1, 0.15) is 30.5 Å². The summed E-state index contributed by atoms with van der Waals surface area (Å²) in [6.45, 7) is 4.55. The Kier molecular flexibility index (Phi) is 5.74. The summed E-state index contributed by atoms with van der Waals surface area (Å²) in [6.07, 6.45) is 4.62. The minimum Gasteiger partial charge on any atom is -0.309 e. The molecule has 0 aliphatic carbocycles. The van der Waals surface area contributed by atoms with E-state index in [4.69, 9.17) is 0 Å². The quantitative estimate of drug-likeness (QED) is 0.861. The van der Waals surface area contributed by atoms with Crippen LogP contribution in [0.25, 0.3) is 0 Å². The third kappa shape index (κ3) is 3.98. The Balaban J connectivity index is 1.96. The van der Waals surface area contributed by atoms with Crippen LogP contribution in [0, 0.1) is 0 Å². The minimum atomic E-state index is 0.492. The molecule has 3 heteroatoms. The van der Waals surface area contributed by atoms with E-state index in [1.54, 1.807) is 0 Å². The number of thioether (sulfide) groups is 1. The maximum atomic E-state index is 3.67. The number of rotatable bonds is 6. The SMILES string of the molecule is CSCCC(C)N(C)CC1NCCc2ccccc21. The predicted molar refractivity (Wildman–Crippen MR) is 86.0 cm³/mol. The number of nitrogens with one attached hydrogen (secondary N) is 1. The molecule has 2 nitrogen and oxygen atoms in total. The lowest BCUT2D eigenvalue weighted by Crippen LogP contribution is -2.40. The summed E-state index contributed by atoms with van der Waals surface area (Å²) in [6, 6.07) is 10.0. The third-order valence-corrected chi connectivity index (χ3v) is 4.82. The van der Waals surface area contributed by atoms with E-state index in [0.29, 0.717) is 12.1 Å². The van der Waals surface area contributed by atoms with Crippen molar-refractivity contribution in [2.75, 3.05) is 32.1 Å². The largest absolute Gasteiger partial charge is 0.309 e. The fourth-order valence-corrected chi connectivity index (χ4v) is 3.31. The van der Waals surface area contributed by atoms with Gasteiger partial charge in [0.1, 0.15) is 0 Å². The molecule has 0 amide bonds. The maximum Gasteiger partial charge on any atom is 0.0452 e. The standard InChI is InChI=1S/C16H26N2S/c1-13(9-11-19-3)18(2)12-16-15-7-5-4-6-14(15)8-10-17-16/h4-7,13,16-17H,8-12H2,1-3H3. The van der Waals surface area contributed by atoms with Crippen molar-refractivity contribution in [2.24, 2.45) is 0 Å². The molecule has 2 unspecified atom stereocenters. The van der Waals surface area contributed by atoms with Crippen molar-refractivity contribution in [3.63, 3.8) is 0 Å². The van der Waals surface area contributed by atoms with E-state index in [-0.39, 0.29) is 0 Å². The van der Waals surface area contributed by atoms with Gasteiger partial charge >= 0.3 is 0 Å². The molecule has 1 N–H and O–H groups in total. The molecular formula is C16H26N2S. The lowest BCUT2D eigenvalue weighted by Gasteiger charge is -2.33. The fraction of sp³-hybridized carbons (Fsp3) is 0.625. The third-order valence-electron chi connectivity index (χ3n) is 4.18. The van der Waals surface area contributed by atoms with Crippen LogP contribution in [0.5, 0.6) is 0 Å². The Hall–Kier alpha value is -0.510. The smallest absolute Gasteiger partial charge is 0.0452 e. The van der Waals surface area contributed by atoms with Gasteiger partial charge in [-0.25, -0.2) is 0 Å². The van der Waals surface area contributed by atoms with Crippen LogP contribution in [0.2, 0.25) is 0 Å². The van der Waals surface area contributed by atoms with Gasteiger partial charge in [0.2, 0.25) is 0 Å². The fourth-order valence-electron chi connectivity index (χ4n) is 2.73. The Morgan fingerprint density at radius 2 is 2.21 bits per heavy atom. The van der Waals surface area contributed by atoms with Crippen molar-refractivity contribution >= 4 is 11.8 Å². The normalized spacial score (nSPS) is 20.3. The Morgan fingerprint density at radius 3 is 3.00 bits per heavy atom. The molecule has 0 radical (unpaired) electrons. The topological polar surface area (TPSA) is 15.3 Å². The van der Waals surface area contributed by atoms with Gasteiger partial charge in [0, 0.05) is 18.6 Å². The molecule has 0 saturated heterocycles.